The summed E-state index contributed by atoms with van der Waals surface area (Å²) in [4.78, 5) is 4.30. The first-order valence-electron chi connectivity index (χ1n) is 5.97. The molecule has 3 rings (SSSR count). The van der Waals surface area contributed by atoms with E-state index in [-0.39, 0.29) is 0 Å². The first kappa shape index (κ1) is 10.8. The van der Waals surface area contributed by atoms with E-state index in [2.05, 4.69) is 23.1 Å². The number of pyridine rings is 1. The largest absolute Gasteiger partial charge is 0.396 e. The predicted octanol–water partition coefficient (Wildman–Crippen LogP) is 2.67. The van der Waals surface area contributed by atoms with E-state index in [1.54, 1.807) is 10.2 Å². The lowest BCUT2D eigenvalue weighted by atomic mass is 10.2. The molecule has 0 aromatic carbocycles. The second kappa shape index (κ2) is 4.14. The second-order valence-corrected chi connectivity index (χ2v) is 5.04. The monoisotopic (exact) mass is 248 g/mol. The Hall–Kier alpha value is -1.36. The standard InChI is InChI=1S/C12H16N4S/c13-10-7-14-12-9(5-6-16(12)17)11(10)15-8-3-1-2-4-8/h5-8,17H,1-4,13H2,(H,14,15). The number of fused-ring (bicyclic) bond motifs is 1. The fourth-order valence-electron chi connectivity index (χ4n) is 2.52. The van der Waals surface area contributed by atoms with Crippen LogP contribution in [0.1, 0.15) is 25.7 Å². The summed E-state index contributed by atoms with van der Waals surface area (Å²) in [6.45, 7) is 0. The molecule has 1 fully saturated rings. The maximum Gasteiger partial charge on any atom is 0.151 e. The average molecular weight is 248 g/mol. The number of hydrogen-bond donors (Lipinski definition) is 3. The van der Waals surface area contributed by atoms with Crippen LogP contribution >= 0.6 is 12.8 Å². The molecule has 3 N–H and O–H groups in total. The fraction of sp³-hybridized carbons (Fsp3) is 0.417. The van der Waals surface area contributed by atoms with Crippen molar-refractivity contribution in [2.75, 3.05) is 11.1 Å². The van der Waals surface area contributed by atoms with Gasteiger partial charge < -0.3 is 11.1 Å². The van der Waals surface area contributed by atoms with Gasteiger partial charge in [-0.15, -0.1) is 0 Å². The van der Waals surface area contributed by atoms with Crippen molar-refractivity contribution in [1.82, 2.24) is 8.96 Å². The predicted molar refractivity (Wildman–Crippen MR) is 74.4 cm³/mol. The van der Waals surface area contributed by atoms with Gasteiger partial charge in [0.2, 0.25) is 0 Å². The summed E-state index contributed by atoms with van der Waals surface area (Å²) < 4.78 is 1.72. The SMILES string of the molecule is Nc1cnc2c(ccn2S)c1NC1CCCC1. The van der Waals surface area contributed by atoms with Crippen LogP contribution in [0, 0.1) is 0 Å². The highest BCUT2D eigenvalue weighted by Gasteiger charge is 2.17. The van der Waals surface area contributed by atoms with Gasteiger partial charge in [-0.2, -0.15) is 0 Å². The van der Waals surface area contributed by atoms with E-state index in [1.807, 2.05) is 12.3 Å². The molecule has 4 nitrogen and oxygen atoms in total. The number of rotatable bonds is 2. The zero-order chi connectivity index (χ0) is 11.8. The molecule has 0 saturated heterocycles. The number of nitrogen functional groups attached to an aromatic ring is 1. The molecule has 2 aromatic rings. The number of nitrogens with one attached hydrogen (secondary N) is 1. The van der Waals surface area contributed by atoms with Gasteiger partial charge in [-0.3, -0.25) is 3.97 Å². The Balaban J connectivity index is 2.03. The summed E-state index contributed by atoms with van der Waals surface area (Å²) in [5.74, 6) is 0. The molecule has 2 heterocycles. The molecule has 0 aliphatic heterocycles. The minimum Gasteiger partial charge on any atom is -0.396 e. The van der Waals surface area contributed by atoms with Crippen molar-refractivity contribution in [1.29, 1.82) is 0 Å². The number of hydrogen-bond acceptors (Lipinski definition) is 4. The molecule has 5 heteroatoms. The normalized spacial score (nSPS) is 16.8. The van der Waals surface area contributed by atoms with Gasteiger partial charge in [-0.1, -0.05) is 25.7 Å². The fourth-order valence-corrected chi connectivity index (χ4v) is 2.75. The molecule has 1 aliphatic carbocycles. The van der Waals surface area contributed by atoms with Crippen LogP contribution < -0.4 is 11.1 Å². The Morgan fingerprint density at radius 2 is 2.18 bits per heavy atom. The number of nitrogens with zero attached hydrogens (tertiary/aromatic N) is 2. The first-order valence-corrected chi connectivity index (χ1v) is 6.37. The topological polar surface area (TPSA) is 55.9 Å². The molecule has 0 amide bonds. The van der Waals surface area contributed by atoms with E-state index in [9.17, 15) is 0 Å². The summed E-state index contributed by atoms with van der Waals surface area (Å²) in [6.07, 6.45) is 8.65. The van der Waals surface area contributed by atoms with Crippen LogP contribution in [0.2, 0.25) is 0 Å². The van der Waals surface area contributed by atoms with Crippen molar-refractivity contribution >= 4 is 35.2 Å². The quantitative estimate of drug-likeness (QED) is 0.716. The Labute approximate surface area is 106 Å². The lowest BCUT2D eigenvalue weighted by Crippen LogP contribution is -2.16. The number of nitrogens with two attached hydrogens (primary N) is 1. The minimum atomic E-state index is 0.547. The third-order valence-corrected chi connectivity index (χ3v) is 3.75. The number of aromatic nitrogens is 2. The van der Waals surface area contributed by atoms with E-state index in [4.69, 9.17) is 5.73 Å². The highest BCUT2D eigenvalue weighted by atomic mass is 32.1. The van der Waals surface area contributed by atoms with Crippen LogP contribution in [0.5, 0.6) is 0 Å². The molecule has 2 aromatic heterocycles. The number of thiol groups is 1. The van der Waals surface area contributed by atoms with Crippen LogP contribution in [-0.2, 0) is 0 Å². The van der Waals surface area contributed by atoms with Gasteiger partial charge in [-0.25, -0.2) is 4.98 Å². The van der Waals surface area contributed by atoms with Crippen molar-refractivity contribution in [2.45, 2.75) is 31.7 Å². The summed E-state index contributed by atoms with van der Waals surface area (Å²) in [7, 11) is 0. The second-order valence-electron chi connectivity index (χ2n) is 4.61. The third-order valence-electron chi connectivity index (χ3n) is 3.43. The summed E-state index contributed by atoms with van der Waals surface area (Å²) in [5, 5.41) is 4.60. The lowest BCUT2D eigenvalue weighted by molar-refractivity contribution is 0.757. The minimum absolute atomic E-state index is 0.547. The van der Waals surface area contributed by atoms with E-state index in [1.165, 1.54) is 25.7 Å². The maximum absolute atomic E-state index is 6.01. The molecule has 0 spiro atoms. The molecular weight excluding hydrogens is 232 g/mol. The van der Waals surface area contributed by atoms with Gasteiger partial charge in [-0.05, 0) is 18.9 Å². The van der Waals surface area contributed by atoms with Crippen LogP contribution in [0.4, 0.5) is 11.4 Å². The lowest BCUT2D eigenvalue weighted by Gasteiger charge is -2.16. The van der Waals surface area contributed by atoms with Gasteiger partial charge in [0.25, 0.3) is 0 Å². The van der Waals surface area contributed by atoms with Crippen molar-refractivity contribution in [3.05, 3.63) is 18.5 Å². The molecule has 0 bridgehead atoms. The highest BCUT2D eigenvalue weighted by Crippen LogP contribution is 2.32. The molecular formula is C12H16N4S. The zero-order valence-corrected chi connectivity index (χ0v) is 10.5. The van der Waals surface area contributed by atoms with Gasteiger partial charge >= 0.3 is 0 Å². The van der Waals surface area contributed by atoms with E-state index in [0.29, 0.717) is 11.7 Å². The maximum atomic E-state index is 6.01. The molecule has 1 saturated carbocycles. The van der Waals surface area contributed by atoms with Crippen LogP contribution in [0.3, 0.4) is 0 Å². The Morgan fingerprint density at radius 1 is 1.41 bits per heavy atom. The van der Waals surface area contributed by atoms with Crippen molar-refractivity contribution < 1.29 is 0 Å². The van der Waals surface area contributed by atoms with Crippen LogP contribution in [0.25, 0.3) is 11.0 Å². The molecule has 90 valence electrons. The van der Waals surface area contributed by atoms with Gasteiger partial charge in [0.15, 0.2) is 5.65 Å². The molecule has 0 unspecified atom stereocenters. The highest BCUT2D eigenvalue weighted by molar-refractivity contribution is 7.78. The van der Waals surface area contributed by atoms with Gasteiger partial charge in [0, 0.05) is 17.6 Å². The van der Waals surface area contributed by atoms with E-state index < -0.39 is 0 Å². The number of anilines is 2. The van der Waals surface area contributed by atoms with E-state index in [0.717, 1.165) is 16.7 Å². The Morgan fingerprint density at radius 3 is 2.94 bits per heavy atom. The molecule has 0 atom stereocenters. The summed E-state index contributed by atoms with van der Waals surface area (Å²) in [5.41, 5.74) is 8.59. The van der Waals surface area contributed by atoms with Crippen molar-refractivity contribution in [3.63, 3.8) is 0 Å². The van der Waals surface area contributed by atoms with Crippen LogP contribution in [0.15, 0.2) is 18.5 Å². The summed E-state index contributed by atoms with van der Waals surface area (Å²) in [6, 6.07) is 2.55. The Kier molecular flexibility index (Phi) is 2.63. The first-order chi connectivity index (χ1) is 8.25. The molecule has 0 radical (unpaired) electrons. The van der Waals surface area contributed by atoms with Crippen molar-refractivity contribution in [3.8, 4) is 0 Å². The third kappa shape index (κ3) is 1.84. The van der Waals surface area contributed by atoms with Crippen molar-refractivity contribution in [2.24, 2.45) is 0 Å². The Bertz CT molecular complexity index is 543. The zero-order valence-electron chi connectivity index (χ0n) is 9.56. The van der Waals surface area contributed by atoms with E-state index >= 15 is 0 Å². The molecule has 1 aliphatic rings. The van der Waals surface area contributed by atoms with Gasteiger partial charge in [0.05, 0.1) is 17.6 Å². The van der Waals surface area contributed by atoms with Crippen LogP contribution in [-0.4, -0.2) is 15.0 Å². The summed E-state index contributed by atoms with van der Waals surface area (Å²) >= 11 is 4.32. The smallest absolute Gasteiger partial charge is 0.151 e. The average Bonchev–Trinajstić information content (AvgIpc) is 2.93. The molecule has 17 heavy (non-hydrogen) atoms. The van der Waals surface area contributed by atoms with Gasteiger partial charge in [0.1, 0.15) is 0 Å².